The molecule has 0 amide bonds. The fourth-order valence-corrected chi connectivity index (χ4v) is 4.04. The van der Waals surface area contributed by atoms with E-state index in [4.69, 9.17) is 12.2 Å². The number of fused-ring (bicyclic) bond motifs is 1. The summed E-state index contributed by atoms with van der Waals surface area (Å²) in [6, 6.07) is 6.67. The van der Waals surface area contributed by atoms with Gasteiger partial charge in [0.25, 0.3) is 0 Å². The van der Waals surface area contributed by atoms with Gasteiger partial charge in [0.1, 0.15) is 0 Å². The number of allylic oxidation sites excluding steroid dienone is 1. The number of carboxylic acid groups (broad SMARTS) is 1. The van der Waals surface area contributed by atoms with Gasteiger partial charge in [-0.05, 0) is 30.3 Å². The summed E-state index contributed by atoms with van der Waals surface area (Å²) in [7, 11) is 0. The molecule has 0 fully saturated rings. The Bertz CT molecular complexity index is 922. The van der Waals surface area contributed by atoms with Gasteiger partial charge in [-0.15, -0.1) is 11.3 Å². The average Bonchev–Trinajstić information content (AvgIpc) is 3.04. The summed E-state index contributed by atoms with van der Waals surface area (Å²) in [6.07, 6.45) is 3.49. The van der Waals surface area contributed by atoms with E-state index < -0.39 is 12.0 Å². The largest absolute Gasteiger partial charge is 0.548 e. The van der Waals surface area contributed by atoms with Crippen LogP contribution >= 0.6 is 23.6 Å². The molecule has 0 aliphatic carbocycles. The summed E-state index contributed by atoms with van der Waals surface area (Å²) >= 11 is 6.43. The highest BCUT2D eigenvalue weighted by Crippen LogP contribution is 2.37. The molecule has 7 heteroatoms. The fraction of sp³-hybridized carbons (Fsp3) is 0.235. The van der Waals surface area contributed by atoms with E-state index in [1.54, 1.807) is 26.1 Å². The maximum Gasteiger partial charge on any atom is 0.211 e. The van der Waals surface area contributed by atoms with Gasteiger partial charge in [0.15, 0.2) is 3.95 Å². The Labute approximate surface area is 148 Å². The monoisotopic (exact) mass is 359 g/mol. The number of aromatic hydroxyl groups is 1. The van der Waals surface area contributed by atoms with Crippen molar-refractivity contribution >= 4 is 53.1 Å². The maximum atomic E-state index is 11.4. The summed E-state index contributed by atoms with van der Waals surface area (Å²) in [5.41, 5.74) is 2.67. The Morgan fingerprint density at radius 3 is 2.79 bits per heavy atom. The Kier molecular flexibility index (Phi) is 4.38. The quantitative estimate of drug-likeness (QED) is 0.851. The first-order valence-corrected chi connectivity index (χ1v) is 8.63. The van der Waals surface area contributed by atoms with Gasteiger partial charge >= 0.3 is 0 Å². The number of carbonyl (C=O) groups excluding carboxylic acids is 1. The maximum absolute atomic E-state index is 11.4. The summed E-state index contributed by atoms with van der Waals surface area (Å²) in [6.45, 7) is 3.49. The molecule has 0 radical (unpaired) electrons. The molecule has 0 bridgehead atoms. The lowest BCUT2D eigenvalue weighted by Gasteiger charge is -2.24. The molecule has 2 heterocycles. The number of hydrogen-bond donors (Lipinski definition) is 1. The normalized spacial score (nSPS) is 15.9. The molecule has 1 aliphatic rings. The van der Waals surface area contributed by atoms with E-state index >= 15 is 0 Å². The Morgan fingerprint density at radius 2 is 2.12 bits per heavy atom. The van der Waals surface area contributed by atoms with Crippen molar-refractivity contribution in [2.45, 2.75) is 19.9 Å². The number of thiazole rings is 1. The Hall–Kier alpha value is -2.25. The summed E-state index contributed by atoms with van der Waals surface area (Å²) < 4.78 is 1.55. The van der Waals surface area contributed by atoms with Crippen LogP contribution in [0.1, 0.15) is 30.3 Å². The molecule has 1 aromatic carbocycles. The predicted octanol–water partition coefficient (Wildman–Crippen LogP) is 3.19. The lowest BCUT2D eigenvalue weighted by Crippen LogP contribution is -2.36. The van der Waals surface area contributed by atoms with Crippen LogP contribution in [0, 0.1) is 9.87 Å². The summed E-state index contributed by atoms with van der Waals surface area (Å²) in [5.74, 6) is -1.68. The SMILES string of the molecule is CC(C)C(C(=O)[O-])n1c(O)c(C=C2C=Nc3ccccc32)sc1=S. The van der Waals surface area contributed by atoms with E-state index in [1.807, 2.05) is 24.3 Å². The van der Waals surface area contributed by atoms with Gasteiger partial charge in [-0.1, -0.05) is 32.0 Å². The minimum Gasteiger partial charge on any atom is -0.548 e. The number of nitrogens with zero attached hydrogens (tertiary/aromatic N) is 2. The topological polar surface area (TPSA) is 77.6 Å². The van der Waals surface area contributed by atoms with Crippen LogP contribution in [0.2, 0.25) is 0 Å². The highest BCUT2D eigenvalue weighted by Gasteiger charge is 2.23. The van der Waals surface area contributed by atoms with Crippen molar-refractivity contribution in [1.29, 1.82) is 0 Å². The number of carbonyl (C=O) groups is 1. The summed E-state index contributed by atoms with van der Waals surface area (Å²) in [4.78, 5) is 16.3. The standard InChI is InChI=1S/C17H16N2O3S2/c1-9(2)14(16(21)22)19-15(20)13(24-17(19)23)7-10-8-18-12-6-4-3-5-11(10)12/h3-9,14,20H,1-2H3,(H,21,22)/p-1. The number of carboxylic acids is 1. The molecule has 1 atom stereocenters. The van der Waals surface area contributed by atoms with Gasteiger partial charge in [-0.2, -0.15) is 0 Å². The first-order valence-electron chi connectivity index (χ1n) is 7.40. The minimum absolute atomic E-state index is 0.154. The van der Waals surface area contributed by atoms with Gasteiger partial charge in [-0.3, -0.25) is 9.56 Å². The second kappa shape index (κ2) is 6.33. The van der Waals surface area contributed by atoms with Crippen molar-refractivity contribution in [2.75, 3.05) is 0 Å². The molecule has 3 rings (SSSR count). The zero-order valence-electron chi connectivity index (χ0n) is 13.1. The molecular weight excluding hydrogens is 344 g/mol. The molecule has 2 aromatic rings. The fourth-order valence-electron chi connectivity index (χ4n) is 2.70. The summed E-state index contributed by atoms with van der Waals surface area (Å²) in [5, 5.41) is 22.0. The van der Waals surface area contributed by atoms with Crippen LogP contribution in [0.25, 0.3) is 11.6 Å². The van der Waals surface area contributed by atoms with Crippen molar-refractivity contribution in [3.63, 3.8) is 0 Å². The lowest BCUT2D eigenvalue weighted by atomic mass is 10.0. The third-order valence-electron chi connectivity index (χ3n) is 3.84. The minimum atomic E-state index is -1.26. The predicted molar refractivity (Wildman–Crippen MR) is 96.2 cm³/mol. The molecule has 0 saturated carbocycles. The first-order chi connectivity index (χ1) is 11.4. The molecule has 5 nitrogen and oxygen atoms in total. The van der Waals surface area contributed by atoms with E-state index in [2.05, 4.69) is 4.99 Å². The van der Waals surface area contributed by atoms with Crippen molar-refractivity contribution in [2.24, 2.45) is 10.9 Å². The van der Waals surface area contributed by atoms with E-state index in [9.17, 15) is 15.0 Å². The molecular formula is C17H15N2O3S2-. The number of rotatable bonds is 4. The van der Waals surface area contributed by atoms with Gasteiger partial charge in [0.2, 0.25) is 5.88 Å². The number of benzene rings is 1. The number of aliphatic carboxylic acids is 1. The second-order valence-electron chi connectivity index (χ2n) is 5.81. The van der Waals surface area contributed by atoms with Crippen molar-refractivity contribution < 1.29 is 15.0 Å². The number of aromatic nitrogens is 1. The third-order valence-corrected chi connectivity index (χ3v) is 5.18. The third kappa shape index (κ3) is 2.81. The van der Waals surface area contributed by atoms with E-state index in [0.29, 0.717) is 8.83 Å². The molecule has 24 heavy (non-hydrogen) atoms. The highest BCUT2D eigenvalue weighted by molar-refractivity contribution is 7.73. The molecule has 1 aliphatic heterocycles. The molecule has 1 unspecified atom stereocenters. The van der Waals surface area contributed by atoms with Crippen LogP contribution in [0.3, 0.4) is 0 Å². The number of aliphatic imine (C=N–C) groups is 1. The molecule has 0 saturated heterocycles. The number of para-hydroxylation sites is 1. The first kappa shape index (κ1) is 16.6. The highest BCUT2D eigenvalue weighted by atomic mass is 32.1. The van der Waals surface area contributed by atoms with Crippen LogP contribution in [0.5, 0.6) is 5.88 Å². The van der Waals surface area contributed by atoms with Crippen molar-refractivity contribution in [1.82, 2.24) is 4.57 Å². The second-order valence-corrected chi connectivity index (χ2v) is 7.48. The molecule has 0 spiro atoms. The zero-order valence-corrected chi connectivity index (χ0v) is 14.7. The van der Waals surface area contributed by atoms with Crippen LogP contribution in [-0.4, -0.2) is 21.9 Å². The number of hydrogen-bond acceptors (Lipinski definition) is 6. The smallest absolute Gasteiger partial charge is 0.211 e. The van der Waals surface area contributed by atoms with E-state index in [0.717, 1.165) is 28.2 Å². The molecule has 124 valence electrons. The van der Waals surface area contributed by atoms with Gasteiger partial charge in [0.05, 0.1) is 22.6 Å². The average molecular weight is 359 g/mol. The van der Waals surface area contributed by atoms with Gasteiger partial charge in [0, 0.05) is 17.4 Å². The van der Waals surface area contributed by atoms with Gasteiger partial charge < -0.3 is 15.0 Å². The lowest BCUT2D eigenvalue weighted by molar-refractivity contribution is -0.311. The van der Waals surface area contributed by atoms with Crippen LogP contribution in [0.4, 0.5) is 5.69 Å². The van der Waals surface area contributed by atoms with E-state index in [-0.39, 0.29) is 11.8 Å². The van der Waals surface area contributed by atoms with Crippen molar-refractivity contribution in [3.8, 4) is 5.88 Å². The molecule has 1 aromatic heterocycles. The van der Waals surface area contributed by atoms with Crippen LogP contribution < -0.4 is 5.11 Å². The zero-order chi connectivity index (χ0) is 17.4. The van der Waals surface area contributed by atoms with Crippen LogP contribution in [-0.2, 0) is 4.79 Å². The molecule has 1 N–H and O–H groups in total. The van der Waals surface area contributed by atoms with E-state index in [1.165, 1.54) is 4.57 Å². The Morgan fingerprint density at radius 1 is 1.42 bits per heavy atom. The van der Waals surface area contributed by atoms with Crippen molar-refractivity contribution in [3.05, 3.63) is 38.7 Å². The Balaban J connectivity index is 2.08. The van der Waals surface area contributed by atoms with Crippen LogP contribution in [0.15, 0.2) is 29.3 Å². The van der Waals surface area contributed by atoms with Gasteiger partial charge in [-0.25, -0.2) is 0 Å².